The van der Waals surface area contributed by atoms with Gasteiger partial charge in [-0.25, -0.2) is 0 Å². The summed E-state index contributed by atoms with van der Waals surface area (Å²) in [4.78, 5) is 4.46. The number of para-hydroxylation sites is 1. The molecule has 0 spiro atoms. The van der Waals surface area contributed by atoms with Crippen LogP contribution in [0.2, 0.25) is 0 Å². The highest BCUT2D eigenvalue weighted by Gasteiger charge is 2.00. The topological polar surface area (TPSA) is 37.0 Å². The second-order valence-corrected chi connectivity index (χ2v) is 4.38. The van der Waals surface area contributed by atoms with Gasteiger partial charge in [0.1, 0.15) is 0 Å². The Balaban J connectivity index is 1.88. The molecule has 0 radical (unpaired) electrons. The van der Waals surface area contributed by atoms with Gasteiger partial charge in [0, 0.05) is 18.1 Å². The molecule has 96 valence electrons. The molecule has 0 aliphatic carbocycles. The maximum Gasteiger partial charge on any atom is 0.0746 e. The molecular weight excluding hydrogens is 222 g/mol. The van der Waals surface area contributed by atoms with Gasteiger partial charge >= 0.3 is 0 Å². The third kappa shape index (κ3) is 3.52. The van der Waals surface area contributed by atoms with Crippen LogP contribution in [-0.4, -0.2) is 24.6 Å². The van der Waals surface area contributed by atoms with Crippen molar-refractivity contribution in [2.45, 2.75) is 19.9 Å². The predicted molar refractivity (Wildman–Crippen MR) is 76.6 cm³/mol. The van der Waals surface area contributed by atoms with Crippen LogP contribution in [0, 0.1) is 0 Å². The van der Waals surface area contributed by atoms with Gasteiger partial charge in [0.25, 0.3) is 0 Å². The monoisotopic (exact) mass is 243 g/mol. The van der Waals surface area contributed by atoms with Crippen molar-refractivity contribution >= 4 is 10.9 Å². The molecule has 1 heterocycles. The Morgan fingerprint density at radius 3 is 2.78 bits per heavy atom. The van der Waals surface area contributed by atoms with E-state index in [1.54, 1.807) is 0 Å². The van der Waals surface area contributed by atoms with E-state index in [0.29, 0.717) is 0 Å². The molecule has 0 amide bonds. The summed E-state index contributed by atoms with van der Waals surface area (Å²) in [5.74, 6) is 0. The number of benzene rings is 1. The average Bonchev–Trinajstić information content (AvgIpc) is 2.43. The number of aromatic nitrogens is 1. The third-order valence-corrected chi connectivity index (χ3v) is 2.99. The number of nitrogens with zero attached hydrogens (tertiary/aromatic N) is 1. The van der Waals surface area contributed by atoms with E-state index in [1.165, 1.54) is 10.9 Å². The molecule has 0 saturated carbocycles. The van der Waals surface area contributed by atoms with Gasteiger partial charge < -0.3 is 10.6 Å². The van der Waals surface area contributed by atoms with Gasteiger partial charge in [0.15, 0.2) is 0 Å². The van der Waals surface area contributed by atoms with E-state index in [1.807, 2.05) is 12.3 Å². The van der Waals surface area contributed by atoms with Crippen molar-refractivity contribution in [3.05, 3.63) is 42.1 Å². The average molecular weight is 243 g/mol. The third-order valence-electron chi connectivity index (χ3n) is 2.99. The molecule has 0 atom stereocenters. The summed E-state index contributed by atoms with van der Waals surface area (Å²) in [6.45, 7) is 6.19. The number of fused-ring (bicyclic) bond motifs is 1. The van der Waals surface area contributed by atoms with E-state index in [0.717, 1.165) is 38.1 Å². The lowest BCUT2D eigenvalue weighted by Crippen LogP contribution is -2.21. The second kappa shape index (κ2) is 7.09. The van der Waals surface area contributed by atoms with Crippen molar-refractivity contribution in [1.82, 2.24) is 15.6 Å². The zero-order valence-electron chi connectivity index (χ0n) is 10.9. The normalized spacial score (nSPS) is 10.9. The summed E-state index contributed by atoms with van der Waals surface area (Å²) >= 11 is 0. The Morgan fingerprint density at radius 1 is 1.06 bits per heavy atom. The fourth-order valence-electron chi connectivity index (χ4n) is 2.05. The summed E-state index contributed by atoms with van der Waals surface area (Å²) in [5.41, 5.74) is 2.38. The first-order chi connectivity index (χ1) is 8.92. The lowest BCUT2D eigenvalue weighted by atomic mass is 10.1. The molecule has 0 fully saturated rings. The Morgan fingerprint density at radius 2 is 1.89 bits per heavy atom. The van der Waals surface area contributed by atoms with Crippen LogP contribution in [0.25, 0.3) is 10.9 Å². The molecule has 0 aliphatic rings. The number of hydrogen-bond donors (Lipinski definition) is 2. The predicted octanol–water partition coefficient (Wildman–Crippen LogP) is 2.32. The maximum absolute atomic E-state index is 4.46. The van der Waals surface area contributed by atoms with E-state index in [9.17, 15) is 0 Å². The molecule has 0 saturated heterocycles. The van der Waals surface area contributed by atoms with Gasteiger partial charge in [-0.3, -0.25) is 4.98 Å². The van der Waals surface area contributed by atoms with Crippen molar-refractivity contribution in [3.63, 3.8) is 0 Å². The van der Waals surface area contributed by atoms with Crippen molar-refractivity contribution < 1.29 is 0 Å². The van der Waals surface area contributed by atoms with Crippen molar-refractivity contribution in [2.24, 2.45) is 0 Å². The van der Waals surface area contributed by atoms with Crippen LogP contribution in [-0.2, 0) is 6.54 Å². The smallest absolute Gasteiger partial charge is 0.0746 e. The Hall–Kier alpha value is -1.45. The molecule has 3 heteroatoms. The lowest BCUT2D eigenvalue weighted by Gasteiger charge is -2.07. The zero-order valence-corrected chi connectivity index (χ0v) is 10.9. The van der Waals surface area contributed by atoms with E-state index in [4.69, 9.17) is 0 Å². The van der Waals surface area contributed by atoms with Gasteiger partial charge in [0.2, 0.25) is 0 Å². The molecule has 2 aromatic rings. The van der Waals surface area contributed by atoms with Crippen LogP contribution in [0.4, 0.5) is 0 Å². The Bertz CT molecular complexity index is 477. The van der Waals surface area contributed by atoms with Crippen molar-refractivity contribution in [3.8, 4) is 0 Å². The van der Waals surface area contributed by atoms with E-state index in [2.05, 4.69) is 46.8 Å². The summed E-state index contributed by atoms with van der Waals surface area (Å²) in [6, 6.07) is 10.4. The van der Waals surface area contributed by atoms with E-state index >= 15 is 0 Å². The van der Waals surface area contributed by atoms with Crippen LogP contribution in [0.15, 0.2) is 36.5 Å². The molecule has 0 aliphatic heterocycles. The molecule has 0 unspecified atom stereocenters. The molecular formula is C15H21N3. The van der Waals surface area contributed by atoms with Crippen LogP contribution in [0.5, 0.6) is 0 Å². The van der Waals surface area contributed by atoms with Crippen LogP contribution in [0.1, 0.15) is 18.9 Å². The highest BCUT2D eigenvalue weighted by atomic mass is 14.9. The number of hydrogen-bond acceptors (Lipinski definition) is 3. The first kappa shape index (κ1) is 13.0. The van der Waals surface area contributed by atoms with Crippen LogP contribution in [0.3, 0.4) is 0 Å². The molecule has 2 rings (SSSR count). The number of rotatable bonds is 7. The minimum atomic E-state index is 0.889. The quantitative estimate of drug-likeness (QED) is 0.733. The summed E-state index contributed by atoms with van der Waals surface area (Å²) in [6.07, 6.45) is 3.02. The fourth-order valence-corrected chi connectivity index (χ4v) is 2.05. The van der Waals surface area contributed by atoms with Gasteiger partial charge in [0.05, 0.1) is 5.52 Å². The maximum atomic E-state index is 4.46. The summed E-state index contributed by atoms with van der Waals surface area (Å²) in [5, 5.41) is 8.01. The minimum Gasteiger partial charge on any atom is -0.317 e. The van der Waals surface area contributed by atoms with Gasteiger partial charge in [-0.05, 0) is 37.7 Å². The van der Waals surface area contributed by atoms with Gasteiger partial charge in [-0.2, -0.15) is 0 Å². The molecule has 2 N–H and O–H groups in total. The highest BCUT2D eigenvalue weighted by molar-refractivity contribution is 5.81. The van der Waals surface area contributed by atoms with Crippen LogP contribution < -0.4 is 10.6 Å². The molecule has 1 aromatic carbocycles. The van der Waals surface area contributed by atoms with Crippen molar-refractivity contribution in [1.29, 1.82) is 0 Å². The molecule has 0 bridgehead atoms. The minimum absolute atomic E-state index is 0.889. The first-order valence-corrected chi connectivity index (χ1v) is 6.66. The summed E-state index contributed by atoms with van der Waals surface area (Å²) in [7, 11) is 0. The SMILES string of the molecule is CCNCCCNCc1cccc2cccnc12. The number of nitrogens with one attached hydrogen (secondary N) is 2. The van der Waals surface area contributed by atoms with Crippen LogP contribution >= 0.6 is 0 Å². The lowest BCUT2D eigenvalue weighted by molar-refractivity contribution is 0.607. The number of pyridine rings is 1. The van der Waals surface area contributed by atoms with Crippen molar-refractivity contribution in [2.75, 3.05) is 19.6 Å². The standard InChI is InChI=1S/C15H21N3/c1-2-16-9-5-10-17-12-14-7-3-6-13-8-4-11-18-15(13)14/h3-4,6-8,11,16-17H,2,5,9-10,12H2,1H3. The van der Waals surface area contributed by atoms with Gasteiger partial charge in [-0.1, -0.05) is 31.2 Å². The Kier molecular flexibility index (Phi) is 5.12. The van der Waals surface area contributed by atoms with E-state index in [-0.39, 0.29) is 0 Å². The van der Waals surface area contributed by atoms with Gasteiger partial charge in [-0.15, -0.1) is 0 Å². The van der Waals surface area contributed by atoms with E-state index < -0.39 is 0 Å². The fraction of sp³-hybridized carbons (Fsp3) is 0.400. The second-order valence-electron chi connectivity index (χ2n) is 4.38. The molecule has 18 heavy (non-hydrogen) atoms. The summed E-state index contributed by atoms with van der Waals surface area (Å²) < 4.78 is 0. The zero-order chi connectivity index (χ0) is 12.6. The highest BCUT2D eigenvalue weighted by Crippen LogP contribution is 2.15. The largest absolute Gasteiger partial charge is 0.317 e. The first-order valence-electron chi connectivity index (χ1n) is 6.66. The molecule has 3 nitrogen and oxygen atoms in total. The Labute approximate surface area is 109 Å². The molecule has 1 aromatic heterocycles.